The van der Waals surface area contributed by atoms with Gasteiger partial charge >= 0.3 is 6.18 Å². The van der Waals surface area contributed by atoms with Crippen LogP contribution < -0.4 is 10.5 Å². The first-order valence-corrected chi connectivity index (χ1v) is 7.87. The second-order valence-corrected chi connectivity index (χ2v) is 6.08. The van der Waals surface area contributed by atoms with Crippen LogP contribution in [0.25, 0.3) is 22.4 Å². The predicted octanol–water partition coefficient (Wildman–Crippen LogP) is 4.13. The molecule has 26 heavy (non-hydrogen) atoms. The third kappa shape index (κ3) is 3.62. The zero-order valence-corrected chi connectivity index (χ0v) is 14.4. The van der Waals surface area contributed by atoms with Gasteiger partial charge in [-0.05, 0) is 26.0 Å². The van der Waals surface area contributed by atoms with Crippen LogP contribution in [-0.2, 0) is 6.18 Å². The third-order valence-corrected chi connectivity index (χ3v) is 3.62. The van der Waals surface area contributed by atoms with Crippen LogP contribution in [0.3, 0.4) is 0 Å². The van der Waals surface area contributed by atoms with Gasteiger partial charge in [0.2, 0.25) is 11.8 Å². The van der Waals surface area contributed by atoms with E-state index >= 15 is 0 Å². The van der Waals surface area contributed by atoms with Gasteiger partial charge in [-0.1, -0.05) is 17.7 Å². The van der Waals surface area contributed by atoms with E-state index in [1.807, 2.05) is 0 Å². The first kappa shape index (κ1) is 18.1. The van der Waals surface area contributed by atoms with Gasteiger partial charge < -0.3 is 10.5 Å². The van der Waals surface area contributed by atoms with Gasteiger partial charge in [0.25, 0.3) is 0 Å². The first-order chi connectivity index (χ1) is 12.1. The van der Waals surface area contributed by atoms with Crippen molar-refractivity contribution < 1.29 is 17.9 Å². The zero-order valence-electron chi connectivity index (χ0n) is 13.7. The lowest BCUT2D eigenvalue weighted by Crippen LogP contribution is -2.10. The van der Waals surface area contributed by atoms with E-state index in [0.717, 1.165) is 6.07 Å². The number of hydrogen-bond acceptors (Lipinski definition) is 6. The Morgan fingerprint density at radius 2 is 1.88 bits per heavy atom. The maximum atomic E-state index is 12.8. The Morgan fingerprint density at radius 3 is 2.50 bits per heavy atom. The molecular formula is C16H13ClF3N5O. The SMILES string of the molecule is CC(C)Oc1nc(N)nc2ncc(-c3ccc(C(F)(F)F)c(Cl)c3)nc12. The second kappa shape index (κ2) is 6.56. The summed E-state index contributed by atoms with van der Waals surface area (Å²) in [5, 5.41) is -0.427. The van der Waals surface area contributed by atoms with Crippen molar-refractivity contribution in [1.29, 1.82) is 0 Å². The molecule has 1 aromatic carbocycles. The molecule has 0 bridgehead atoms. The lowest BCUT2D eigenvalue weighted by atomic mass is 10.1. The highest BCUT2D eigenvalue weighted by Crippen LogP contribution is 2.36. The Labute approximate surface area is 151 Å². The molecule has 0 unspecified atom stereocenters. The molecule has 10 heteroatoms. The van der Waals surface area contributed by atoms with Crippen molar-refractivity contribution in [2.75, 3.05) is 5.73 Å². The minimum Gasteiger partial charge on any atom is -0.473 e. The van der Waals surface area contributed by atoms with Crippen LogP contribution >= 0.6 is 11.6 Å². The number of benzene rings is 1. The zero-order chi connectivity index (χ0) is 19.1. The molecule has 6 nitrogen and oxygen atoms in total. The Balaban J connectivity index is 2.12. The Morgan fingerprint density at radius 1 is 1.15 bits per heavy atom. The Hall–Kier alpha value is -2.68. The number of nitrogen functional groups attached to an aromatic ring is 1. The molecule has 136 valence electrons. The lowest BCUT2D eigenvalue weighted by molar-refractivity contribution is -0.137. The van der Waals surface area contributed by atoms with E-state index in [2.05, 4.69) is 19.9 Å². The van der Waals surface area contributed by atoms with E-state index in [-0.39, 0.29) is 29.1 Å². The summed E-state index contributed by atoms with van der Waals surface area (Å²) in [7, 11) is 0. The molecule has 2 N–H and O–H groups in total. The van der Waals surface area contributed by atoms with E-state index in [1.165, 1.54) is 18.3 Å². The highest BCUT2D eigenvalue weighted by Gasteiger charge is 2.33. The van der Waals surface area contributed by atoms with Gasteiger partial charge in [-0.3, -0.25) is 0 Å². The summed E-state index contributed by atoms with van der Waals surface area (Å²) in [6.07, 6.45) is -3.36. The molecule has 0 atom stereocenters. The molecular weight excluding hydrogens is 371 g/mol. The maximum Gasteiger partial charge on any atom is 0.417 e. The quantitative estimate of drug-likeness (QED) is 0.731. The van der Waals surface area contributed by atoms with Crippen LogP contribution in [0.4, 0.5) is 19.1 Å². The summed E-state index contributed by atoms with van der Waals surface area (Å²) in [5.74, 6) is 0.127. The maximum absolute atomic E-state index is 12.8. The fourth-order valence-corrected chi connectivity index (χ4v) is 2.54. The van der Waals surface area contributed by atoms with Crippen molar-refractivity contribution in [3.63, 3.8) is 0 Å². The predicted molar refractivity (Wildman–Crippen MR) is 90.8 cm³/mol. The van der Waals surface area contributed by atoms with Gasteiger partial charge in [0, 0.05) is 5.56 Å². The third-order valence-electron chi connectivity index (χ3n) is 3.31. The molecule has 2 heterocycles. The number of halogens is 4. The number of rotatable bonds is 3. The molecule has 0 amide bonds. The van der Waals surface area contributed by atoms with Crippen LogP contribution in [-0.4, -0.2) is 26.0 Å². The molecule has 0 radical (unpaired) electrons. The van der Waals surface area contributed by atoms with E-state index in [0.29, 0.717) is 11.3 Å². The Bertz CT molecular complexity index is 978. The summed E-state index contributed by atoms with van der Waals surface area (Å²) in [6, 6.07) is 3.35. The molecule has 0 saturated heterocycles. The van der Waals surface area contributed by atoms with E-state index in [9.17, 15) is 13.2 Å². The van der Waals surface area contributed by atoms with Crippen LogP contribution in [0.15, 0.2) is 24.4 Å². The fraction of sp³-hybridized carbons (Fsp3) is 0.250. The van der Waals surface area contributed by atoms with Gasteiger partial charge in [0.15, 0.2) is 11.2 Å². The number of fused-ring (bicyclic) bond motifs is 1. The molecule has 2 aromatic heterocycles. The van der Waals surface area contributed by atoms with Crippen LogP contribution in [0.5, 0.6) is 5.88 Å². The number of nitrogens with zero attached hydrogens (tertiary/aromatic N) is 4. The number of ether oxygens (including phenoxy) is 1. The highest BCUT2D eigenvalue weighted by atomic mass is 35.5. The summed E-state index contributed by atoms with van der Waals surface area (Å²) in [4.78, 5) is 16.5. The molecule has 0 aliphatic heterocycles. The fourth-order valence-electron chi connectivity index (χ4n) is 2.25. The van der Waals surface area contributed by atoms with Crippen LogP contribution in [0.1, 0.15) is 19.4 Å². The van der Waals surface area contributed by atoms with Crippen LogP contribution in [0, 0.1) is 0 Å². The molecule has 3 rings (SSSR count). The normalized spacial score (nSPS) is 12.0. The standard InChI is InChI=1S/C16H13ClF3N5O/c1-7(2)26-14-12-13(24-15(21)25-14)22-6-11(23-12)8-3-4-9(10(17)5-8)16(18,19)20/h3-7H,1-2H3,(H2,21,22,24,25). The number of hydrogen-bond donors (Lipinski definition) is 1. The van der Waals surface area contributed by atoms with Gasteiger partial charge in [-0.25, -0.2) is 9.97 Å². The molecule has 0 spiro atoms. The van der Waals surface area contributed by atoms with Gasteiger partial charge in [0.05, 0.1) is 28.6 Å². The first-order valence-electron chi connectivity index (χ1n) is 7.49. The van der Waals surface area contributed by atoms with Gasteiger partial charge in [-0.15, -0.1) is 0 Å². The number of anilines is 1. The van der Waals surface area contributed by atoms with Crippen molar-refractivity contribution in [3.05, 3.63) is 35.0 Å². The summed E-state index contributed by atoms with van der Waals surface area (Å²) >= 11 is 5.77. The monoisotopic (exact) mass is 383 g/mol. The average Bonchev–Trinajstić information content (AvgIpc) is 2.52. The molecule has 0 saturated carbocycles. The minimum absolute atomic E-state index is 0.0206. The van der Waals surface area contributed by atoms with Crippen molar-refractivity contribution in [2.45, 2.75) is 26.1 Å². The van der Waals surface area contributed by atoms with Crippen LogP contribution in [0.2, 0.25) is 5.02 Å². The molecule has 0 aliphatic rings. The number of aromatic nitrogens is 4. The van der Waals surface area contributed by atoms with E-state index in [4.69, 9.17) is 22.1 Å². The molecule has 3 aromatic rings. The largest absolute Gasteiger partial charge is 0.473 e. The van der Waals surface area contributed by atoms with E-state index in [1.54, 1.807) is 13.8 Å². The van der Waals surface area contributed by atoms with Gasteiger partial charge in [0.1, 0.15) is 0 Å². The van der Waals surface area contributed by atoms with Gasteiger partial charge in [-0.2, -0.15) is 23.1 Å². The number of alkyl halides is 3. The molecule has 0 aliphatic carbocycles. The lowest BCUT2D eigenvalue weighted by Gasteiger charge is -2.12. The average molecular weight is 384 g/mol. The smallest absolute Gasteiger partial charge is 0.417 e. The van der Waals surface area contributed by atoms with Crippen molar-refractivity contribution in [2.24, 2.45) is 0 Å². The Kier molecular flexibility index (Phi) is 4.57. The highest BCUT2D eigenvalue weighted by molar-refractivity contribution is 6.31. The second-order valence-electron chi connectivity index (χ2n) is 5.67. The van der Waals surface area contributed by atoms with Crippen molar-refractivity contribution >= 4 is 28.7 Å². The van der Waals surface area contributed by atoms with Crippen molar-refractivity contribution in [3.8, 4) is 17.1 Å². The molecule has 0 fully saturated rings. The minimum atomic E-state index is -4.53. The number of nitrogens with two attached hydrogens (primary N) is 1. The summed E-state index contributed by atoms with van der Waals surface area (Å²) in [6.45, 7) is 3.61. The topological polar surface area (TPSA) is 86.8 Å². The van der Waals surface area contributed by atoms with E-state index < -0.39 is 16.8 Å². The summed E-state index contributed by atoms with van der Waals surface area (Å²) in [5.41, 5.74) is 5.85. The van der Waals surface area contributed by atoms with Crippen molar-refractivity contribution in [1.82, 2.24) is 19.9 Å². The summed E-state index contributed by atoms with van der Waals surface area (Å²) < 4.78 is 44.1.